The quantitative estimate of drug-likeness (QED) is 0.911. The number of furan rings is 1. The average Bonchev–Trinajstić information content (AvgIpc) is 2.68. The first kappa shape index (κ1) is 16.5. The van der Waals surface area contributed by atoms with Crippen LogP contribution in [-0.2, 0) is 0 Å². The molecule has 0 saturated carbocycles. The third-order valence-electron chi connectivity index (χ3n) is 3.25. The normalized spacial score (nSPS) is 12.0. The molecular weight excluding hydrogens is 276 g/mol. The molecule has 1 heterocycles. The molecule has 2 aromatic rings. The van der Waals surface area contributed by atoms with Gasteiger partial charge >= 0.3 is 0 Å². The van der Waals surface area contributed by atoms with Gasteiger partial charge < -0.3 is 15.5 Å². The molecule has 3 N–H and O–H groups in total. The third-order valence-corrected chi connectivity index (χ3v) is 3.25. The van der Waals surface area contributed by atoms with Crippen molar-refractivity contribution in [3.8, 4) is 0 Å². The molecule has 0 aliphatic heterocycles. The molecule has 0 aliphatic rings. The maximum atomic E-state index is 12.1. The van der Waals surface area contributed by atoms with E-state index in [1.807, 2.05) is 39.0 Å². The summed E-state index contributed by atoms with van der Waals surface area (Å²) in [6.07, 6.45) is 0.754. The molecule has 5 heteroatoms. The first-order valence-corrected chi connectivity index (χ1v) is 6.53. The van der Waals surface area contributed by atoms with Gasteiger partial charge in [0, 0.05) is 23.5 Å². The summed E-state index contributed by atoms with van der Waals surface area (Å²) in [5, 5.41) is 3.84. The summed E-state index contributed by atoms with van der Waals surface area (Å²) >= 11 is 0. The summed E-state index contributed by atoms with van der Waals surface area (Å²) in [5.41, 5.74) is 8.37. The molecule has 0 fully saturated rings. The molecular formula is C15H21ClN2O2. The number of hydrogen-bond donors (Lipinski definition) is 2. The Balaban J connectivity index is 0.00000200. The fourth-order valence-corrected chi connectivity index (χ4v) is 2.09. The Morgan fingerprint density at radius 3 is 2.70 bits per heavy atom. The number of nitrogens with two attached hydrogens (primary N) is 1. The minimum absolute atomic E-state index is 0. The number of carbonyl (C=O) groups is 1. The summed E-state index contributed by atoms with van der Waals surface area (Å²) < 4.78 is 5.71. The zero-order chi connectivity index (χ0) is 14.0. The largest absolute Gasteiger partial charge is 0.450 e. The Morgan fingerprint density at radius 1 is 1.40 bits per heavy atom. The Kier molecular flexibility index (Phi) is 5.60. The monoisotopic (exact) mass is 296 g/mol. The molecule has 0 spiro atoms. The van der Waals surface area contributed by atoms with Gasteiger partial charge in [0.15, 0.2) is 5.76 Å². The molecule has 1 aromatic carbocycles. The molecule has 2 rings (SSSR count). The molecule has 0 saturated heterocycles. The minimum Gasteiger partial charge on any atom is -0.450 e. The molecule has 110 valence electrons. The predicted molar refractivity (Wildman–Crippen MR) is 83.5 cm³/mol. The second-order valence-electron chi connectivity index (χ2n) is 5.03. The summed E-state index contributed by atoms with van der Waals surface area (Å²) in [4.78, 5) is 12.1. The number of fused-ring (bicyclic) bond motifs is 1. The molecule has 0 bridgehead atoms. The number of para-hydroxylation sites is 1. The van der Waals surface area contributed by atoms with Crippen LogP contribution in [0.3, 0.4) is 0 Å². The standard InChI is InChI=1S/C15H20N2O2.ClH/c1-9-5-4-6-12-11(3)14(19-13(9)12)15(18)17-8-7-10(2)16;/h4-6,10H,7-8,16H2,1-3H3,(H,17,18);1H. The second-order valence-corrected chi connectivity index (χ2v) is 5.03. The molecule has 0 aliphatic carbocycles. The van der Waals surface area contributed by atoms with Crippen LogP contribution in [0.1, 0.15) is 35.0 Å². The third kappa shape index (κ3) is 3.32. The van der Waals surface area contributed by atoms with E-state index in [4.69, 9.17) is 10.2 Å². The van der Waals surface area contributed by atoms with E-state index >= 15 is 0 Å². The van der Waals surface area contributed by atoms with Crippen molar-refractivity contribution in [2.24, 2.45) is 5.73 Å². The van der Waals surface area contributed by atoms with Gasteiger partial charge in [0.05, 0.1) is 0 Å². The Bertz CT molecular complexity index is 605. The number of amides is 1. The lowest BCUT2D eigenvalue weighted by Crippen LogP contribution is -2.29. The number of carbonyl (C=O) groups excluding carboxylic acids is 1. The topological polar surface area (TPSA) is 68.3 Å². The Morgan fingerprint density at radius 2 is 2.10 bits per heavy atom. The number of benzene rings is 1. The van der Waals surface area contributed by atoms with Crippen molar-refractivity contribution >= 4 is 29.3 Å². The van der Waals surface area contributed by atoms with Gasteiger partial charge in [-0.2, -0.15) is 0 Å². The molecule has 1 unspecified atom stereocenters. The van der Waals surface area contributed by atoms with E-state index in [9.17, 15) is 4.79 Å². The molecule has 0 radical (unpaired) electrons. The predicted octanol–water partition coefficient (Wildman–Crippen LogP) is 2.94. The fourth-order valence-electron chi connectivity index (χ4n) is 2.09. The van der Waals surface area contributed by atoms with E-state index in [2.05, 4.69) is 5.32 Å². The van der Waals surface area contributed by atoms with Gasteiger partial charge in [0.1, 0.15) is 5.58 Å². The van der Waals surface area contributed by atoms with E-state index in [-0.39, 0.29) is 24.4 Å². The summed E-state index contributed by atoms with van der Waals surface area (Å²) in [5.74, 6) is 0.225. The van der Waals surface area contributed by atoms with Crippen molar-refractivity contribution in [2.75, 3.05) is 6.54 Å². The lowest BCUT2D eigenvalue weighted by Gasteiger charge is -2.06. The van der Waals surface area contributed by atoms with Crippen molar-refractivity contribution in [2.45, 2.75) is 33.2 Å². The van der Waals surface area contributed by atoms with E-state index in [0.717, 1.165) is 28.5 Å². The van der Waals surface area contributed by atoms with Crippen molar-refractivity contribution < 1.29 is 9.21 Å². The van der Waals surface area contributed by atoms with Crippen molar-refractivity contribution in [3.63, 3.8) is 0 Å². The highest BCUT2D eigenvalue weighted by Crippen LogP contribution is 2.27. The first-order valence-electron chi connectivity index (χ1n) is 6.53. The number of aryl methyl sites for hydroxylation is 2. The lowest BCUT2D eigenvalue weighted by atomic mass is 10.1. The van der Waals surface area contributed by atoms with E-state index < -0.39 is 0 Å². The summed E-state index contributed by atoms with van der Waals surface area (Å²) in [6.45, 7) is 6.36. The van der Waals surface area contributed by atoms with Gasteiger partial charge in [-0.15, -0.1) is 12.4 Å². The van der Waals surface area contributed by atoms with E-state index in [1.165, 1.54) is 0 Å². The molecule has 1 amide bonds. The Hall–Kier alpha value is -1.52. The highest BCUT2D eigenvalue weighted by molar-refractivity contribution is 5.99. The van der Waals surface area contributed by atoms with Crippen LogP contribution in [0, 0.1) is 13.8 Å². The van der Waals surface area contributed by atoms with Crippen LogP contribution in [0.2, 0.25) is 0 Å². The number of rotatable bonds is 4. The van der Waals surface area contributed by atoms with Gasteiger partial charge in [0.2, 0.25) is 0 Å². The molecule has 4 nitrogen and oxygen atoms in total. The molecule has 20 heavy (non-hydrogen) atoms. The maximum absolute atomic E-state index is 12.1. The Labute approximate surface area is 125 Å². The average molecular weight is 297 g/mol. The molecule has 1 atom stereocenters. The van der Waals surface area contributed by atoms with E-state index in [1.54, 1.807) is 0 Å². The van der Waals surface area contributed by atoms with Gasteiger partial charge in [-0.3, -0.25) is 4.79 Å². The van der Waals surface area contributed by atoms with Crippen LogP contribution >= 0.6 is 12.4 Å². The first-order chi connectivity index (χ1) is 9.00. The number of halogens is 1. The SMILES string of the molecule is Cc1c(C(=O)NCCC(C)N)oc2c(C)cccc12.Cl. The summed E-state index contributed by atoms with van der Waals surface area (Å²) in [7, 11) is 0. The molecule has 1 aromatic heterocycles. The van der Waals surface area contributed by atoms with E-state index in [0.29, 0.717) is 12.3 Å². The van der Waals surface area contributed by atoms with Crippen LogP contribution in [0.25, 0.3) is 11.0 Å². The lowest BCUT2D eigenvalue weighted by molar-refractivity contribution is 0.0926. The van der Waals surface area contributed by atoms with Crippen LogP contribution in [0.4, 0.5) is 0 Å². The fraction of sp³-hybridized carbons (Fsp3) is 0.400. The maximum Gasteiger partial charge on any atom is 0.287 e. The highest BCUT2D eigenvalue weighted by Gasteiger charge is 2.17. The summed E-state index contributed by atoms with van der Waals surface area (Å²) in [6, 6.07) is 6.00. The van der Waals surface area contributed by atoms with Crippen LogP contribution < -0.4 is 11.1 Å². The van der Waals surface area contributed by atoms with Gasteiger partial charge in [-0.1, -0.05) is 18.2 Å². The zero-order valence-corrected chi connectivity index (χ0v) is 12.8. The van der Waals surface area contributed by atoms with Crippen LogP contribution in [0.5, 0.6) is 0 Å². The van der Waals surface area contributed by atoms with Gasteiger partial charge in [0.25, 0.3) is 5.91 Å². The second kappa shape index (κ2) is 6.77. The zero-order valence-electron chi connectivity index (χ0n) is 12.0. The van der Waals surface area contributed by atoms with Gasteiger partial charge in [-0.25, -0.2) is 0 Å². The van der Waals surface area contributed by atoms with Crippen LogP contribution in [0.15, 0.2) is 22.6 Å². The highest BCUT2D eigenvalue weighted by atomic mass is 35.5. The smallest absolute Gasteiger partial charge is 0.287 e. The number of hydrogen-bond acceptors (Lipinski definition) is 3. The number of nitrogens with one attached hydrogen (secondary N) is 1. The van der Waals surface area contributed by atoms with Crippen molar-refractivity contribution in [1.29, 1.82) is 0 Å². The van der Waals surface area contributed by atoms with Crippen molar-refractivity contribution in [3.05, 3.63) is 35.1 Å². The minimum atomic E-state index is -0.172. The van der Waals surface area contributed by atoms with Crippen LogP contribution in [-0.4, -0.2) is 18.5 Å². The van der Waals surface area contributed by atoms with Crippen molar-refractivity contribution in [1.82, 2.24) is 5.32 Å². The van der Waals surface area contributed by atoms with Gasteiger partial charge in [-0.05, 0) is 32.8 Å².